The van der Waals surface area contributed by atoms with Crippen molar-refractivity contribution >= 4 is 38.9 Å². The summed E-state index contributed by atoms with van der Waals surface area (Å²) in [6.07, 6.45) is 0. The fraction of sp³-hybridized carbons (Fsp3) is 0.0588. The molecular formula is C51H38N2. The average molecular weight is 679 g/mol. The van der Waals surface area contributed by atoms with Crippen LogP contribution in [0.4, 0.5) is 17.1 Å². The first kappa shape index (κ1) is 31.1. The molecule has 53 heavy (non-hydrogen) atoms. The van der Waals surface area contributed by atoms with Crippen molar-refractivity contribution in [3.63, 3.8) is 0 Å². The molecule has 1 aromatic heterocycles. The summed E-state index contributed by atoms with van der Waals surface area (Å²) < 4.78 is 2.42. The highest BCUT2D eigenvalue weighted by Crippen LogP contribution is 2.51. The third kappa shape index (κ3) is 5.02. The molecule has 1 aliphatic carbocycles. The van der Waals surface area contributed by atoms with Gasteiger partial charge in [0.15, 0.2) is 0 Å². The minimum Gasteiger partial charge on any atom is -0.310 e. The lowest BCUT2D eigenvalue weighted by atomic mass is 9.82. The Morgan fingerprint density at radius 3 is 1.70 bits per heavy atom. The van der Waals surface area contributed by atoms with Gasteiger partial charge in [-0.15, -0.1) is 0 Å². The van der Waals surface area contributed by atoms with Crippen LogP contribution in [0.2, 0.25) is 0 Å². The molecule has 2 nitrogen and oxygen atoms in total. The summed E-state index contributed by atoms with van der Waals surface area (Å²) in [6.45, 7) is 4.70. The predicted molar refractivity (Wildman–Crippen MR) is 224 cm³/mol. The normalized spacial score (nSPS) is 12.9. The minimum absolute atomic E-state index is 0.0927. The zero-order valence-electron chi connectivity index (χ0n) is 29.9. The minimum atomic E-state index is -0.0927. The van der Waals surface area contributed by atoms with Crippen molar-refractivity contribution < 1.29 is 0 Å². The lowest BCUT2D eigenvalue weighted by Crippen LogP contribution is -2.16. The Morgan fingerprint density at radius 2 is 0.943 bits per heavy atom. The fourth-order valence-electron chi connectivity index (χ4n) is 8.60. The van der Waals surface area contributed by atoms with Crippen molar-refractivity contribution in [3.05, 3.63) is 205 Å². The molecule has 10 rings (SSSR count). The van der Waals surface area contributed by atoms with Crippen LogP contribution in [0.25, 0.3) is 60.9 Å². The Morgan fingerprint density at radius 1 is 0.396 bits per heavy atom. The Balaban J connectivity index is 1.12. The molecule has 8 aromatic carbocycles. The molecule has 9 aromatic rings. The van der Waals surface area contributed by atoms with Crippen molar-refractivity contribution in [2.75, 3.05) is 4.90 Å². The van der Waals surface area contributed by atoms with Gasteiger partial charge in [0.05, 0.1) is 11.0 Å². The number of hydrogen-bond donors (Lipinski definition) is 0. The van der Waals surface area contributed by atoms with Gasteiger partial charge in [0, 0.05) is 44.5 Å². The molecule has 252 valence electrons. The molecule has 1 aliphatic rings. The second-order valence-corrected chi connectivity index (χ2v) is 14.6. The van der Waals surface area contributed by atoms with E-state index >= 15 is 0 Å². The van der Waals surface area contributed by atoms with Gasteiger partial charge < -0.3 is 9.47 Å². The standard InChI is InChI=1S/C51H38N2/c1-51(2)47-22-11-9-18-43(47)44-33-32-41(34-48(44)51)52(39-28-24-36(25-29-39)35-14-5-3-6-15-35)40-30-26-37(27-31-40)42-20-13-21-46-45-19-10-12-23-49(45)53(50(42)46)38-16-7-4-8-17-38/h3-34H,1-2H3. The van der Waals surface area contributed by atoms with E-state index in [1.54, 1.807) is 0 Å². The maximum Gasteiger partial charge on any atom is 0.0619 e. The van der Waals surface area contributed by atoms with Crippen molar-refractivity contribution in [2.45, 2.75) is 19.3 Å². The molecule has 1 heterocycles. The summed E-state index contributed by atoms with van der Waals surface area (Å²) in [4.78, 5) is 2.40. The number of para-hydroxylation sites is 3. The first-order valence-electron chi connectivity index (χ1n) is 18.4. The SMILES string of the molecule is CC1(C)c2ccccc2-c2ccc(N(c3ccc(-c4ccccc4)cc3)c3ccc(-c4cccc5c6ccccc6n(-c6ccccc6)c45)cc3)cc21. The highest BCUT2D eigenvalue weighted by atomic mass is 15.1. The van der Waals surface area contributed by atoms with Gasteiger partial charge in [-0.1, -0.05) is 153 Å². The van der Waals surface area contributed by atoms with E-state index in [2.05, 4.69) is 217 Å². The molecule has 0 saturated carbocycles. The van der Waals surface area contributed by atoms with Crippen LogP contribution in [0, 0.1) is 0 Å². The van der Waals surface area contributed by atoms with E-state index in [0.717, 1.165) is 22.7 Å². The van der Waals surface area contributed by atoms with Crippen LogP contribution in [-0.4, -0.2) is 4.57 Å². The van der Waals surface area contributed by atoms with Crippen LogP contribution in [0.3, 0.4) is 0 Å². The number of anilines is 3. The topological polar surface area (TPSA) is 8.17 Å². The van der Waals surface area contributed by atoms with Gasteiger partial charge in [-0.2, -0.15) is 0 Å². The molecular weight excluding hydrogens is 641 g/mol. The lowest BCUT2D eigenvalue weighted by molar-refractivity contribution is 0.660. The van der Waals surface area contributed by atoms with E-state index in [4.69, 9.17) is 0 Å². The maximum atomic E-state index is 2.42. The van der Waals surface area contributed by atoms with Crippen molar-refractivity contribution in [3.8, 4) is 39.1 Å². The summed E-state index contributed by atoms with van der Waals surface area (Å²) in [5, 5.41) is 2.52. The average Bonchev–Trinajstić information content (AvgIpc) is 3.68. The monoisotopic (exact) mass is 678 g/mol. The number of rotatable bonds is 6. The summed E-state index contributed by atoms with van der Waals surface area (Å²) >= 11 is 0. The summed E-state index contributed by atoms with van der Waals surface area (Å²) in [5.41, 5.74) is 17.1. The number of hydrogen-bond acceptors (Lipinski definition) is 1. The largest absolute Gasteiger partial charge is 0.310 e. The van der Waals surface area contributed by atoms with Crippen LogP contribution in [0.1, 0.15) is 25.0 Å². The van der Waals surface area contributed by atoms with Gasteiger partial charge in [-0.05, 0) is 93.5 Å². The molecule has 0 unspecified atom stereocenters. The Bertz CT molecular complexity index is 2770. The van der Waals surface area contributed by atoms with Crippen LogP contribution in [-0.2, 0) is 5.41 Å². The molecule has 2 heteroatoms. The molecule has 0 saturated heterocycles. The van der Waals surface area contributed by atoms with Gasteiger partial charge >= 0.3 is 0 Å². The Kier molecular flexibility index (Phi) is 7.19. The van der Waals surface area contributed by atoms with Gasteiger partial charge in [-0.3, -0.25) is 0 Å². The Labute approximate surface area is 310 Å². The van der Waals surface area contributed by atoms with Crippen molar-refractivity contribution in [2.24, 2.45) is 0 Å². The third-order valence-electron chi connectivity index (χ3n) is 11.2. The van der Waals surface area contributed by atoms with E-state index in [1.807, 2.05) is 0 Å². The first-order chi connectivity index (χ1) is 26.1. The highest BCUT2D eigenvalue weighted by molar-refractivity contribution is 6.13. The summed E-state index contributed by atoms with van der Waals surface area (Å²) in [7, 11) is 0. The summed E-state index contributed by atoms with van der Waals surface area (Å²) in [6, 6.07) is 70.8. The number of aromatic nitrogens is 1. The molecule has 0 radical (unpaired) electrons. The van der Waals surface area contributed by atoms with Gasteiger partial charge in [0.2, 0.25) is 0 Å². The second kappa shape index (κ2) is 12.3. The molecule has 0 bridgehead atoms. The second-order valence-electron chi connectivity index (χ2n) is 14.6. The lowest BCUT2D eigenvalue weighted by Gasteiger charge is -2.28. The van der Waals surface area contributed by atoms with Crippen LogP contribution in [0.5, 0.6) is 0 Å². The highest BCUT2D eigenvalue weighted by Gasteiger charge is 2.35. The van der Waals surface area contributed by atoms with Gasteiger partial charge in [-0.25, -0.2) is 0 Å². The van der Waals surface area contributed by atoms with E-state index in [1.165, 1.54) is 66.3 Å². The number of benzene rings is 8. The smallest absolute Gasteiger partial charge is 0.0619 e. The van der Waals surface area contributed by atoms with Crippen LogP contribution < -0.4 is 4.90 Å². The van der Waals surface area contributed by atoms with Gasteiger partial charge in [0.1, 0.15) is 0 Å². The molecule has 0 N–H and O–H groups in total. The van der Waals surface area contributed by atoms with Crippen molar-refractivity contribution in [1.82, 2.24) is 4.57 Å². The zero-order valence-corrected chi connectivity index (χ0v) is 29.9. The van der Waals surface area contributed by atoms with E-state index in [0.29, 0.717) is 0 Å². The first-order valence-corrected chi connectivity index (χ1v) is 18.4. The zero-order chi connectivity index (χ0) is 35.5. The van der Waals surface area contributed by atoms with E-state index in [9.17, 15) is 0 Å². The maximum absolute atomic E-state index is 2.42. The summed E-state index contributed by atoms with van der Waals surface area (Å²) in [5.74, 6) is 0. The molecule has 0 fully saturated rings. The predicted octanol–water partition coefficient (Wildman–Crippen LogP) is 13.9. The Hall–Kier alpha value is -6.64. The molecule has 0 amide bonds. The number of nitrogens with zero attached hydrogens (tertiary/aromatic N) is 2. The van der Waals surface area contributed by atoms with Crippen LogP contribution >= 0.6 is 0 Å². The molecule has 0 atom stereocenters. The third-order valence-corrected chi connectivity index (χ3v) is 11.2. The fourth-order valence-corrected chi connectivity index (χ4v) is 8.60. The quantitative estimate of drug-likeness (QED) is 0.170. The number of fused-ring (bicyclic) bond motifs is 6. The van der Waals surface area contributed by atoms with Crippen molar-refractivity contribution in [1.29, 1.82) is 0 Å². The van der Waals surface area contributed by atoms with Crippen LogP contribution in [0.15, 0.2) is 194 Å². The van der Waals surface area contributed by atoms with Gasteiger partial charge in [0.25, 0.3) is 0 Å². The molecule has 0 aliphatic heterocycles. The molecule has 0 spiro atoms. The van der Waals surface area contributed by atoms with E-state index in [-0.39, 0.29) is 5.41 Å². The van der Waals surface area contributed by atoms with E-state index < -0.39 is 0 Å².